The summed E-state index contributed by atoms with van der Waals surface area (Å²) in [5.74, 6) is 0.366. The third kappa shape index (κ3) is 2.98. The van der Waals surface area contributed by atoms with Gasteiger partial charge in [-0.25, -0.2) is 0 Å². The van der Waals surface area contributed by atoms with Crippen molar-refractivity contribution in [1.82, 2.24) is 4.90 Å². The molecule has 1 aromatic carbocycles. The normalized spacial score (nSPS) is 22.2. The molecule has 1 saturated heterocycles. The number of rotatable bonds is 3. The molecule has 0 radical (unpaired) electrons. The van der Waals surface area contributed by atoms with E-state index in [1.54, 1.807) is 6.07 Å². The van der Waals surface area contributed by atoms with E-state index >= 15 is 0 Å². The number of hydrogen-bond acceptors (Lipinski definition) is 2. The van der Waals surface area contributed by atoms with Gasteiger partial charge in [-0.3, -0.25) is 4.90 Å². The summed E-state index contributed by atoms with van der Waals surface area (Å²) in [6, 6.07) is 8.23. The summed E-state index contributed by atoms with van der Waals surface area (Å²) in [5.41, 5.74) is 1.20. The van der Waals surface area contributed by atoms with Crippen molar-refractivity contribution in [2.45, 2.75) is 31.8 Å². The molecule has 2 rings (SSSR count). The van der Waals surface area contributed by atoms with Crippen LogP contribution >= 0.6 is 15.9 Å². The van der Waals surface area contributed by atoms with Gasteiger partial charge >= 0.3 is 0 Å². The maximum absolute atomic E-state index is 9.44. The molecule has 0 amide bonds. The van der Waals surface area contributed by atoms with Crippen molar-refractivity contribution in [3.63, 3.8) is 0 Å². The molecule has 1 unspecified atom stereocenters. The van der Waals surface area contributed by atoms with Gasteiger partial charge in [-0.15, -0.1) is 0 Å². The highest BCUT2D eigenvalue weighted by atomic mass is 79.9. The average Bonchev–Trinajstić information content (AvgIpc) is 2.30. The molecule has 2 nitrogen and oxygen atoms in total. The highest BCUT2D eigenvalue weighted by molar-refractivity contribution is 9.09. The molecular formula is C13H18BrNO. The van der Waals surface area contributed by atoms with Gasteiger partial charge in [0.05, 0.1) is 0 Å². The highest BCUT2D eigenvalue weighted by Crippen LogP contribution is 2.22. The second kappa shape index (κ2) is 5.69. The van der Waals surface area contributed by atoms with Crippen LogP contribution in [-0.4, -0.2) is 27.9 Å². The first-order valence-electron chi connectivity index (χ1n) is 5.87. The first kappa shape index (κ1) is 11.9. The molecule has 0 spiro atoms. The number of phenolic OH excluding ortho intramolecular Hbond substituents is 1. The first-order chi connectivity index (χ1) is 7.79. The summed E-state index contributed by atoms with van der Waals surface area (Å²) in [6.07, 6.45) is 3.92. The third-order valence-electron chi connectivity index (χ3n) is 3.22. The Labute approximate surface area is 105 Å². The van der Waals surface area contributed by atoms with E-state index in [2.05, 4.69) is 26.9 Å². The Morgan fingerprint density at radius 3 is 3.00 bits per heavy atom. The molecule has 0 aliphatic carbocycles. The van der Waals surface area contributed by atoms with Crippen molar-refractivity contribution in [2.24, 2.45) is 0 Å². The van der Waals surface area contributed by atoms with Gasteiger partial charge in [-0.2, -0.15) is 0 Å². The van der Waals surface area contributed by atoms with E-state index in [0.717, 1.165) is 11.9 Å². The summed E-state index contributed by atoms with van der Waals surface area (Å²) in [7, 11) is 0. The molecule has 0 saturated carbocycles. The quantitative estimate of drug-likeness (QED) is 0.862. The molecule has 1 aliphatic heterocycles. The van der Waals surface area contributed by atoms with E-state index in [1.807, 2.05) is 12.1 Å². The zero-order valence-electron chi connectivity index (χ0n) is 9.40. The van der Waals surface area contributed by atoms with Crippen LogP contribution in [0.5, 0.6) is 5.75 Å². The minimum atomic E-state index is 0.366. The van der Waals surface area contributed by atoms with Crippen LogP contribution in [-0.2, 0) is 6.54 Å². The number of alkyl halides is 1. The smallest absolute Gasteiger partial charge is 0.115 e. The average molecular weight is 284 g/mol. The van der Waals surface area contributed by atoms with Crippen molar-refractivity contribution in [2.75, 3.05) is 11.9 Å². The Morgan fingerprint density at radius 2 is 2.25 bits per heavy atom. The molecule has 88 valence electrons. The largest absolute Gasteiger partial charge is 0.508 e. The fraction of sp³-hybridized carbons (Fsp3) is 0.538. The van der Waals surface area contributed by atoms with Gasteiger partial charge in [0.15, 0.2) is 0 Å². The lowest BCUT2D eigenvalue weighted by molar-refractivity contribution is 0.156. The predicted molar refractivity (Wildman–Crippen MR) is 69.9 cm³/mol. The Kier molecular flexibility index (Phi) is 4.24. The van der Waals surface area contributed by atoms with Crippen LogP contribution in [0, 0.1) is 0 Å². The maximum Gasteiger partial charge on any atom is 0.115 e. The third-order valence-corrected chi connectivity index (χ3v) is 3.97. The van der Waals surface area contributed by atoms with Crippen molar-refractivity contribution in [3.8, 4) is 5.75 Å². The zero-order chi connectivity index (χ0) is 11.4. The van der Waals surface area contributed by atoms with Gasteiger partial charge in [-0.1, -0.05) is 34.5 Å². The number of nitrogens with zero attached hydrogens (tertiary/aromatic N) is 1. The van der Waals surface area contributed by atoms with Crippen LogP contribution in [0.1, 0.15) is 24.8 Å². The minimum Gasteiger partial charge on any atom is -0.508 e. The van der Waals surface area contributed by atoms with Gasteiger partial charge in [0.1, 0.15) is 5.75 Å². The SMILES string of the molecule is Oc1cccc(CN2CCCCC2CBr)c1. The molecule has 1 atom stereocenters. The van der Waals surface area contributed by atoms with Crippen molar-refractivity contribution in [1.29, 1.82) is 0 Å². The van der Waals surface area contributed by atoms with Crippen LogP contribution in [0.4, 0.5) is 0 Å². The second-order valence-electron chi connectivity index (χ2n) is 4.44. The van der Waals surface area contributed by atoms with Gasteiger partial charge in [-0.05, 0) is 37.1 Å². The highest BCUT2D eigenvalue weighted by Gasteiger charge is 2.21. The van der Waals surface area contributed by atoms with Gasteiger partial charge in [0, 0.05) is 17.9 Å². The van der Waals surface area contributed by atoms with Crippen LogP contribution in [0.3, 0.4) is 0 Å². The topological polar surface area (TPSA) is 23.5 Å². The van der Waals surface area contributed by atoms with E-state index < -0.39 is 0 Å². The molecule has 16 heavy (non-hydrogen) atoms. The first-order valence-corrected chi connectivity index (χ1v) is 6.99. The van der Waals surface area contributed by atoms with Crippen LogP contribution < -0.4 is 0 Å². The lowest BCUT2D eigenvalue weighted by Crippen LogP contribution is -2.39. The second-order valence-corrected chi connectivity index (χ2v) is 5.09. The molecule has 1 aliphatic rings. The molecule has 1 fully saturated rings. The number of piperidine rings is 1. The van der Waals surface area contributed by atoms with E-state index in [1.165, 1.54) is 31.4 Å². The summed E-state index contributed by atoms with van der Waals surface area (Å²) >= 11 is 3.59. The summed E-state index contributed by atoms with van der Waals surface area (Å²) in [5, 5.41) is 10.5. The lowest BCUT2D eigenvalue weighted by atomic mass is 10.0. The minimum absolute atomic E-state index is 0.366. The van der Waals surface area contributed by atoms with Crippen LogP contribution in [0.25, 0.3) is 0 Å². The van der Waals surface area contributed by atoms with E-state index in [-0.39, 0.29) is 0 Å². The van der Waals surface area contributed by atoms with E-state index in [0.29, 0.717) is 11.8 Å². The van der Waals surface area contributed by atoms with Crippen LogP contribution in [0.15, 0.2) is 24.3 Å². The standard InChI is InChI=1S/C13H18BrNO/c14-9-12-5-1-2-7-15(12)10-11-4-3-6-13(16)8-11/h3-4,6,8,12,16H,1-2,5,7,9-10H2. The zero-order valence-corrected chi connectivity index (χ0v) is 11.0. The summed E-state index contributed by atoms with van der Waals surface area (Å²) in [6.45, 7) is 2.12. The Balaban J connectivity index is 2.02. The van der Waals surface area contributed by atoms with E-state index in [9.17, 15) is 5.11 Å². The van der Waals surface area contributed by atoms with E-state index in [4.69, 9.17) is 0 Å². The van der Waals surface area contributed by atoms with Gasteiger partial charge in [0.25, 0.3) is 0 Å². The number of likely N-dealkylation sites (tertiary alicyclic amines) is 1. The van der Waals surface area contributed by atoms with Gasteiger partial charge in [0.2, 0.25) is 0 Å². The summed E-state index contributed by atoms with van der Waals surface area (Å²) < 4.78 is 0. The molecule has 3 heteroatoms. The number of hydrogen-bond donors (Lipinski definition) is 1. The number of aromatic hydroxyl groups is 1. The Morgan fingerprint density at radius 1 is 1.38 bits per heavy atom. The predicted octanol–water partition coefficient (Wildman–Crippen LogP) is 3.14. The molecule has 0 bridgehead atoms. The van der Waals surface area contributed by atoms with Crippen molar-refractivity contribution < 1.29 is 5.11 Å². The molecule has 1 heterocycles. The molecule has 1 aromatic rings. The Bertz CT molecular complexity index is 342. The maximum atomic E-state index is 9.44. The van der Waals surface area contributed by atoms with Crippen LogP contribution in [0.2, 0.25) is 0 Å². The number of phenols is 1. The molecule has 1 N–H and O–H groups in total. The van der Waals surface area contributed by atoms with Crippen molar-refractivity contribution >= 4 is 15.9 Å². The fourth-order valence-corrected chi connectivity index (χ4v) is 3.07. The monoisotopic (exact) mass is 283 g/mol. The number of halogens is 1. The Hall–Kier alpha value is -0.540. The summed E-state index contributed by atoms with van der Waals surface area (Å²) in [4.78, 5) is 2.51. The lowest BCUT2D eigenvalue weighted by Gasteiger charge is -2.34. The van der Waals surface area contributed by atoms with Gasteiger partial charge < -0.3 is 5.11 Å². The fourth-order valence-electron chi connectivity index (χ4n) is 2.33. The molecule has 0 aromatic heterocycles. The molecular weight excluding hydrogens is 266 g/mol. The van der Waals surface area contributed by atoms with Crippen molar-refractivity contribution in [3.05, 3.63) is 29.8 Å². The number of benzene rings is 1.